The molecule has 5 aliphatic rings. The Labute approximate surface area is 274 Å². The summed E-state index contributed by atoms with van der Waals surface area (Å²) in [5, 5.41) is 19.6. The molecular weight excluding hydrogens is 592 g/mol. The number of hydrogen-bond acceptors (Lipinski definition) is 9. The third kappa shape index (κ3) is 5.09. The maximum absolute atomic E-state index is 9.80. The Morgan fingerprint density at radius 3 is 2.09 bits per heavy atom. The molecule has 47 heavy (non-hydrogen) atoms. The molecule has 0 aromatic heterocycles. The van der Waals surface area contributed by atoms with Crippen molar-refractivity contribution in [3.63, 3.8) is 0 Å². The highest BCUT2D eigenvalue weighted by molar-refractivity contribution is 5.67. The highest BCUT2D eigenvalue weighted by Gasteiger charge is 2.38. The van der Waals surface area contributed by atoms with Crippen molar-refractivity contribution in [2.45, 2.75) is 37.8 Å². The van der Waals surface area contributed by atoms with Gasteiger partial charge in [-0.3, -0.25) is 9.80 Å². The highest BCUT2D eigenvalue weighted by atomic mass is 16.6. The Kier molecular flexibility index (Phi) is 7.37. The molecule has 9 nitrogen and oxygen atoms in total. The fourth-order valence-electron chi connectivity index (χ4n) is 7.57. The van der Waals surface area contributed by atoms with E-state index in [0.717, 1.165) is 53.7 Å². The van der Waals surface area contributed by atoms with Crippen LogP contribution in [0.1, 0.15) is 45.5 Å². The van der Waals surface area contributed by atoms with Gasteiger partial charge in [0.05, 0.1) is 39.4 Å². The van der Waals surface area contributed by atoms with Gasteiger partial charge in [0.25, 0.3) is 0 Å². The van der Waals surface area contributed by atoms with E-state index in [1.165, 1.54) is 5.56 Å². The lowest BCUT2D eigenvalue weighted by atomic mass is 9.86. The molecule has 5 heterocycles. The van der Waals surface area contributed by atoms with Crippen molar-refractivity contribution in [2.24, 2.45) is 0 Å². The Morgan fingerprint density at radius 2 is 1.34 bits per heavy atom. The van der Waals surface area contributed by atoms with Crippen molar-refractivity contribution in [1.29, 1.82) is 10.5 Å². The molecule has 0 amide bonds. The number of ether oxygens (including phenoxy) is 5. The quantitative estimate of drug-likeness (QED) is 0.195. The average molecular weight is 627 g/mol. The minimum Gasteiger partial charge on any atom is -0.493 e. The zero-order chi connectivity index (χ0) is 32.1. The van der Waals surface area contributed by atoms with Crippen molar-refractivity contribution < 1.29 is 23.7 Å². The lowest BCUT2D eigenvalue weighted by Gasteiger charge is -2.39. The molecule has 236 valence electrons. The smallest absolute Gasteiger partial charge is 0.212 e. The lowest BCUT2D eigenvalue weighted by Crippen LogP contribution is -2.37. The van der Waals surface area contributed by atoms with E-state index in [4.69, 9.17) is 23.7 Å². The molecule has 0 fully saturated rings. The minimum absolute atomic E-state index is 0.0637. The van der Waals surface area contributed by atoms with Gasteiger partial charge in [0.2, 0.25) is 5.75 Å². The van der Waals surface area contributed by atoms with Crippen LogP contribution in [0.25, 0.3) is 0 Å². The molecule has 5 aliphatic heterocycles. The summed E-state index contributed by atoms with van der Waals surface area (Å²) in [5.74, 6) is 5.10. The molecular formula is C38H34N4O5. The van der Waals surface area contributed by atoms with Crippen LogP contribution in [0, 0.1) is 22.7 Å². The fraction of sp³-hybridized carbons (Fsp3) is 0.316. The molecule has 7 bridgehead atoms. The molecule has 9 heteroatoms. The van der Waals surface area contributed by atoms with Crippen LogP contribution in [-0.2, 0) is 25.7 Å². The first-order valence-electron chi connectivity index (χ1n) is 16.0. The van der Waals surface area contributed by atoms with Crippen molar-refractivity contribution in [3.05, 3.63) is 94.0 Å². The predicted octanol–water partition coefficient (Wildman–Crippen LogP) is 7.04. The first kappa shape index (κ1) is 29.2. The number of methoxy groups -OCH3 is 2. The number of hydrogen-bond donors (Lipinski definition) is 0. The summed E-state index contributed by atoms with van der Waals surface area (Å²) in [6.07, 6.45) is 2.88. The largest absolute Gasteiger partial charge is 0.493 e. The van der Waals surface area contributed by atoms with Gasteiger partial charge in [-0.15, -0.1) is 0 Å². The van der Waals surface area contributed by atoms with Gasteiger partial charge in [0, 0.05) is 30.7 Å². The SMILES string of the molecule is COc1ccc2cc1Oc1ccc(cc1)C[C@H]1c3c(cc(OC)c4c3Oc3cc5c(cc3O4)CCN(CC#N)[C@H]5C2)CCN1CC#N. The van der Waals surface area contributed by atoms with E-state index in [1.807, 2.05) is 24.3 Å². The van der Waals surface area contributed by atoms with Gasteiger partial charge in [-0.1, -0.05) is 18.2 Å². The topological polar surface area (TPSA) is 100 Å². The summed E-state index contributed by atoms with van der Waals surface area (Å²) in [6.45, 7) is 2.10. The summed E-state index contributed by atoms with van der Waals surface area (Å²) in [5.41, 5.74) is 6.61. The second kappa shape index (κ2) is 11.9. The molecule has 9 rings (SSSR count). The van der Waals surface area contributed by atoms with E-state index in [2.05, 4.69) is 58.3 Å². The number of nitriles is 2. The summed E-state index contributed by atoms with van der Waals surface area (Å²) >= 11 is 0. The Bertz CT molecular complexity index is 1960. The van der Waals surface area contributed by atoms with Gasteiger partial charge in [0.1, 0.15) is 5.75 Å². The van der Waals surface area contributed by atoms with Crippen molar-refractivity contribution >= 4 is 0 Å². The second-order valence-electron chi connectivity index (χ2n) is 12.4. The van der Waals surface area contributed by atoms with Crippen molar-refractivity contribution in [3.8, 4) is 58.1 Å². The second-order valence-corrected chi connectivity index (χ2v) is 12.4. The lowest BCUT2D eigenvalue weighted by molar-refractivity contribution is 0.198. The Hall–Kier alpha value is -5.22. The third-order valence-electron chi connectivity index (χ3n) is 9.87. The molecule has 4 aromatic carbocycles. The van der Waals surface area contributed by atoms with E-state index in [9.17, 15) is 10.5 Å². The van der Waals surface area contributed by atoms with Gasteiger partial charge in [-0.25, -0.2) is 0 Å². The van der Waals surface area contributed by atoms with E-state index in [0.29, 0.717) is 71.9 Å². The van der Waals surface area contributed by atoms with Gasteiger partial charge in [-0.05, 0) is 96.0 Å². The monoisotopic (exact) mass is 626 g/mol. The van der Waals surface area contributed by atoms with Crippen LogP contribution in [0.5, 0.6) is 46.0 Å². The van der Waals surface area contributed by atoms with E-state index < -0.39 is 0 Å². The van der Waals surface area contributed by atoms with E-state index in [1.54, 1.807) is 14.2 Å². The van der Waals surface area contributed by atoms with E-state index >= 15 is 0 Å². The van der Waals surface area contributed by atoms with Gasteiger partial charge in [-0.2, -0.15) is 10.5 Å². The summed E-state index contributed by atoms with van der Waals surface area (Å²) in [4.78, 5) is 4.45. The molecule has 4 aromatic rings. The average Bonchev–Trinajstić information content (AvgIpc) is 3.09. The maximum Gasteiger partial charge on any atom is 0.212 e. The summed E-state index contributed by atoms with van der Waals surface area (Å²) in [6, 6.07) is 25.0. The van der Waals surface area contributed by atoms with Gasteiger partial charge in [0.15, 0.2) is 34.5 Å². The fourth-order valence-corrected chi connectivity index (χ4v) is 7.57. The van der Waals surface area contributed by atoms with Crippen LogP contribution in [-0.4, -0.2) is 50.2 Å². The van der Waals surface area contributed by atoms with Gasteiger partial charge >= 0.3 is 0 Å². The molecule has 0 aliphatic carbocycles. The Morgan fingerprint density at radius 1 is 0.681 bits per heavy atom. The highest BCUT2D eigenvalue weighted by Crippen LogP contribution is 2.56. The zero-order valence-corrected chi connectivity index (χ0v) is 26.4. The predicted molar refractivity (Wildman–Crippen MR) is 174 cm³/mol. The maximum atomic E-state index is 9.80. The number of rotatable bonds is 4. The van der Waals surface area contributed by atoms with Crippen molar-refractivity contribution in [2.75, 3.05) is 40.4 Å². The van der Waals surface area contributed by atoms with Gasteiger partial charge < -0.3 is 23.7 Å². The molecule has 0 spiro atoms. The molecule has 0 saturated heterocycles. The first-order valence-corrected chi connectivity index (χ1v) is 16.0. The number of benzene rings is 4. The standard InChI is InChI=1S/C38H34N4O5/c1-43-31-8-5-24-18-29-28-22-34-33(20-25(28)9-13-41(29)15-11-39)46-37-35(44-2)21-26-10-14-42(16-12-40)30(36(26)38(37)47-34)17-23-3-6-27(7-4-23)45-32(31)19-24/h3-8,19-22,29-30H,9-10,13-18H2,1-2H3/t29-,30-/m0/s1. The molecule has 2 atom stereocenters. The van der Waals surface area contributed by atoms with Crippen LogP contribution in [0.4, 0.5) is 0 Å². The first-order chi connectivity index (χ1) is 23.1. The minimum atomic E-state index is -0.123. The molecule has 0 saturated carbocycles. The molecule has 0 radical (unpaired) electrons. The molecule has 0 unspecified atom stereocenters. The zero-order valence-electron chi connectivity index (χ0n) is 26.4. The van der Waals surface area contributed by atoms with E-state index in [-0.39, 0.29) is 12.1 Å². The Balaban J connectivity index is 1.34. The van der Waals surface area contributed by atoms with Crippen LogP contribution in [0.2, 0.25) is 0 Å². The summed E-state index contributed by atoms with van der Waals surface area (Å²) in [7, 11) is 3.30. The normalized spacial score (nSPS) is 19.2. The van der Waals surface area contributed by atoms with Crippen LogP contribution >= 0.6 is 0 Å². The summed E-state index contributed by atoms with van der Waals surface area (Å²) < 4.78 is 31.5. The number of fused-ring (bicyclic) bond motifs is 2. The molecule has 0 N–H and O–H groups in total. The van der Waals surface area contributed by atoms with Crippen molar-refractivity contribution in [1.82, 2.24) is 9.80 Å². The van der Waals surface area contributed by atoms with Crippen LogP contribution < -0.4 is 23.7 Å². The van der Waals surface area contributed by atoms with Crippen LogP contribution in [0.15, 0.2) is 60.7 Å². The third-order valence-corrected chi connectivity index (χ3v) is 9.87. The van der Waals surface area contributed by atoms with Crippen LogP contribution in [0.3, 0.4) is 0 Å². The number of nitrogens with zero attached hydrogens (tertiary/aromatic N) is 4.